The van der Waals surface area contributed by atoms with E-state index < -0.39 is 0 Å². The lowest BCUT2D eigenvalue weighted by molar-refractivity contribution is 0.275. The Hall–Kier alpha value is -1.75. The van der Waals surface area contributed by atoms with Crippen LogP contribution in [0.2, 0.25) is 0 Å². The van der Waals surface area contributed by atoms with Crippen LogP contribution in [0.4, 0.5) is 4.39 Å². The zero-order chi connectivity index (χ0) is 12.4. The van der Waals surface area contributed by atoms with Gasteiger partial charge in [-0.1, -0.05) is 19.1 Å². The minimum Gasteiger partial charge on any atom is -0.390 e. The average molecular weight is 235 g/mol. The Morgan fingerprint density at radius 2 is 1.94 bits per heavy atom. The molecule has 4 nitrogen and oxygen atoms in total. The van der Waals surface area contributed by atoms with Crippen molar-refractivity contribution in [1.29, 1.82) is 0 Å². The van der Waals surface area contributed by atoms with Crippen LogP contribution >= 0.6 is 0 Å². The zero-order valence-corrected chi connectivity index (χ0v) is 9.76. The summed E-state index contributed by atoms with van der Waals surface area (Å²) >= 11 is 0. The highest BCUT2D eigenvalue weighted by atomic mass is 19.1. The number of halogens is 1. The van der Waals surface area contributed by atoms with Gasteiger partial charge >= 0.3 is 0 Å². The molecular weight excluding hydrogens is 221 g/mol. The molecule has 0 atom stereocenters. The Balaban J connectivity index is 2.51. The van der Waals surface area contributed by atoms with Crippen molar-refractivity contribution in [1.82, 2.24) is 15.0 Å². The van der Waals surface area contributed by atoms with Crippen molar-refractivity contribution in [3.8, 4) is 5.69 Å². The monoisotopic (exact) mass is 235 g/mol. The van der Waals surface area contributed by atoms with Gasteiger partial charge in [-0.25, -0.2) is 9.07 Å². The number of rotatable bonds is 3. The molecule has 1 N–H and O–H groups in total. The number of aliphatic hydroxyl groups excluding tert-OH is 1. The average Bonchev–Trinajstić information content (AvgIpc) is 2.73. The molecule has 0 spiro atoms. The first kappa shape index (κ1) is 11.7. The Morgan fingerprint density at radius 3 is 2.47 bits per heavy atom. The van der Waals surface area contributed by atoms with E-state index in [0.29, 0.717) is 5.69 Å². The first-order valence-electron chi connectivity index (χ1n) is 5.44. The van der Waals surface area contributed by atoms with Crippen LogP contribution in [0.5, 0.6) is 0 Å². The molecule has 1 heterocycles. The summed E-state index contributed by atoms with van der Waals surface area (Å²) in [6.07, 6.45) is 0. The molecule has 0 aliphatic heterocycles. The quantitative estimate of drug-likeness (QED) is 0.885. The van der Waals surface area contributed by atoms with E-state index in [1.54, 1.807) is 16.8 Å². The Morgan fingerprint density at radius 1 is 1.29 bits per heavy atom. The molecular formula is C12H14FN3O. The van der Waals surface area contributed by atoms with Gasteiger partial charge in [0.2, 0.25) is 0 Å². The van der Waals surface area contributed by atoms with Crippen LogP contribution < -0.4 is 0 Å². The summed E-state index contributed by atoms with van der Waals surface area (Å²) in [5.41, 5.74) is 2.14. The smallest absolute Gasteiger partial charge is 0.123 e. The van der Waals surface area contributed by atoms with Crippen LogP contribution in [-0.4, -0.2) is 20.1 Å². The number of aliphatic hydroxyl groups is 1. The van der Waals surface area contributed by atoms with Crippen molar-refractivity contribution in [3.63, 3.8) is 0 Å². The fraction of sp³-hybridized carbons (Fsp3) is 0.333. The van der Waals surface area contributed by atoms with Crippen molar-refractivity contribution in [2.45, 2.75) is 26.4 Å². The largest absolute Gasteiger partial charge is 0.390 e. The lowest BCUT2D eigenvalue weighted by Gasteiger charge is -2.10. The van der Waals surface area contributed by atoms with E-state index in [1.807, 2.05) is 13.8 Å². The molecule has 0 aliphatic rings. The van der Waals surface area contributed by atoms with Crippen LogP contribution in [0.1, 0.15) is 31.2 Å². The van der Waals surface area contributed by atoms with E-state index in [1.165, 1.54) is 12.1 Å². The van der Waals surface area contributed by atoms with Gasteiger partial charge in [-0.05, 0) is 30.2 Å². The van der Waals surface area contributed by atoms with Gasteiger partial charge in [0.25, 0.3) is 0 Å². The van der Waals surface area contributed by atoms with Crippen molar-refractivity contribution in [3.05, 3.63) is 41.5 Å². The van der Waals surface area contributed by atoms with E-state index in [-0.39, 0.29) is 18.3 Å². The van der Waals surface area contributed by atoms with Gasteiger partial charge in [0.1, 0.15) is 11.5 Å². The van der Waals surface area contributed by atoms with Gasteiger partial charge in [0.05, 0.1) is 18.0 Å². The lowest BCUT2D eigenvalue weighted by Crippen LogP contribution is -2.05. The zero-order valence-electron chi connectivity index (χ0n) is 9.76. The Kier molecular flexibility index (Phi) is 3.19. The highest BCUT2D eigenvalue weighted by Gasteiger charge is 2.16. The lowest BCUT2D eigenvalue weighted by atomic mass is 10.1. The SMILES string of the molecule is CC(C)c1c(CO)nnn1-c1ccc(F)cc1. The molecule has 1 aromatic heterocycles. The molecule has 0 unspecified atom stereocenters. The molecule has 90 valence electrons. The Bertz CT molecular complexity index is 505. The number of aromatic nitrogens is 3. The minimum absolute atomic E-state index is 0.144. The number of benzene rings is 1. The van der Waals surface area contributed by atoms with Crippen LogP contribution in [0.25, 0.3) is 5.69 Å². The first-order valence-corrected chi connectivity index (χ1v) is 5.44. The molecule has 0 amide bonds. The fourth-order valence-corrected chi connectivity index (χ4v) is 1.78. The normalized spacial score (nSPS) is 11.1. The van der Waals surface area contributed by atoms with Crippen molar-refractivity contribution < 1.29 is 9.50 Å². The van der Waals surface area contributed by atoms with Gasteiger partial charge in [-0.2, -0.15) is 0 Å². The third kappa shape index (κ3) is 2.19. The molecule has 17 heavy (non-hydrogen) atoms. The molecule has 2 rings (SSSR count). The molecule has 0 bridgehead atoms. The number of hydrogen-bond acceptors (Lipinski definition) is 3. The summed E-state index contributed by atoms with van der Waals surface area (Å²) in [5.74, 6) is -0.112. The van der Waals surface area contributed by atoms with E-state index in [4.69, 9.17) is 0 Å². The number of hydrogen-bond donors (Lipinski definition) is 1. The summed E-state index contributed by atoms with van der Waals surface area (Å²) in [6.45, 7) is 3.85. The third-order valence-electron chi connectivity index (χ3n) is 2.55. The van der Waals surface area contributed by atoms with E-state index in [2.05, 4.69) is 10.3 Å². The summed E-state index contributed by atoms with van der Waals surface area (Å²) in [4.78, 5) is 0. The molecule has 0 fully saturated rings. The molecule has 0 saturated carbocycles. The first-order chi connectivity index (χ1) is 8.13. The van der Waals surface area contributed by atoms with Crippen LogP contribution in [-0.2, 0) is 6.61 Å². The standard InChI is InChI=1S/C12H14FN3O/c1-8(2)12-11(7-17)14-15-16(12)10-5-3-9(13)4-6-10/h3-6,8,17H,7H2,1-2H3. The summed E-state index contributed by atoms with van der Waals surface area (Å²) in [7, 11) is 0. The van der Waals surface area contributed by atoms with Gasteiger partial charge in [0, 0.05) is 0 Å². The van der Waals surface area contributed by atoms with Crippen molar-refractivity contribution in [2.75, 3.05) is 0 Å². The van der Waals surface area contributed by atoms with Crippen molar-refractivity contribution >= 4 is 0 Å². The maximum atomic E-state index is 12.8. The van der Waals surface area contributed by atoms with Gasteiger partial charge in [-0.3, -0.25) is 0 Å². The second-order valence-corrected chi connectivity index (χ2v) is 4.12. The Labute approximate surface area is 98.7 Å². The summed E-state index contributed by atoms with van der Waals surface area (Å²) in [5, 5.41) is 17.1. The highest BCUT2D eigenvalue weighted by Crippen LogP contribution is 2.21. The molecule has 0 aliphatic carbocycles. The maximum absolute atomic E-state index is 12.8. The van der Waals surface area contributed by atoms with Gasteiger partial charge in [0.15, 0.2) is 0 Å². The molecule has 5 heteroatoms. The van der Waals surface area contributed by atoms with Crippen LogP contribution in [0.3, 0.4) is 0 Å². The molecule has 0 saturated heterocycles. The third-order valence-corrected chi connectivity index (χ3v) is 2.55. The van der Waals surface area contributed by atoms with E-state index in [0.717, 1.165) is 11.4 Å². The van der Waals surface area contributed by atoms with Gasteiger partial charge in [-0.15, -0.1) is 5.10 Å². The molecule has 2 aromatic rings. The van der Waals surface area contributed by atoms with E-state index in [9.17, 15) is 9.50 Å². The van der Waals surface area contributed by atoms with Crippen molar-refractivity contribution in [2.24, 2.45) is 0 Å². The predicted octanol–water partition coefficient (Wildman–Crippen LogP) is 2.02. The van der Waals surface area contributed by atoms with E-state index >= 15 is 0 Å². The summed E-state index contributed by atoms with van der Waals surface area (Å²) in [6, 6.07) is 6.02. The second kappa shape index (κ2) is 4.63. The molecule has 0 radical (unpaired) electrons. The van der Waals surface area contributed by atoms with Gasteiger partial charge < -0.3 is 5.11 Å². The van der Waals surface area contributed by atoms with Crippen LogP contribution in [0.15, 0.2) is 24.3 Å². The molecule has 1 aromatic carbocycles. The second-order valence-electron chi connectivity index (χ2n) is 4.12. The maximum Gasteiger partial charge on any atom is 0.123 e. The highest BCUT2D eigenvalue weighted by molar-refractivity contribution is 5.34. The topological polar surface area (TPSA) is 50.9 Å². The fourth-order valence-electron chi connectivity index (χ4n) is 1.78. The number of nitrogens with zero attached hydrogens (tertiary/aromatic N) is 3. The predicted molar refractivity (Wildman–Crippen MR) is 61.3 cm³/mol. The van der Waals surface area contributed by atoms with Crippen LogP contribution in [0, 0.1) is 5.82 Å². The minimum atomic E-state index is -0.289. The summed E-state index contributed by atoms with van der Waals surface area (Å²) < 4.78 is 14.5.